The van der Waals surface area contributed by atoms with Gasteiger partial charge in [-0.25, -0.2) is 9.59 Å². The number of hydrogen-bond acceptors (Lipinski definition) is 4. The molecule has 2 aliphatic rings. The molecule has 0 radical (unpaired) electrons. The average molecular weight is 412 g/mol. The molecule has 0 bridgehead atoms. The highest BCUT2D eigenvalue weighted by Crippen LogP contribution is 2.44. The molecule has 1 heterocycles. The van der Waals surface area contributed by atoms with Crippen LogP contribution in [0.3, 0.4) is 0 Å². The summed E-state index contributed by atoms with van der Waals surface area (Å²) in [5, 5.41) is 9.40. The van der Waals surface area contributed by atoms with E-state index in [9.17, 15) is 14.7 Å². The van der Waals surface area contributed by atoms with Gasteiger partial charge in [0.1, 0.15) is 12.6 Å². The van der Waals surface area contributed by atoms with Gasteiger partial charge in [0.15, 0.2) is 0 Å². The first-order chi connectivity index (χ1) is 14.0. The van der Waals surface area contributed by atoms with E-state index in [1.54, 1.807) is 0 Å². The molecule has 1 aliphatic heterocycles. The monoisotopic (exact) mass is 411 g/mol. The van der Waals surface area contributed by atoms with Crippen LogP contribution in [0.15, 0.2) is 48.5 Å². The second-order valence-electron chi connectivity index (χ2n) is 7.98. The third kappa shape index (κ3) is 3.73. The van der Waals surface area contributed by atoms with Crippen LogP contribution in [0, 0.1) is 5.92 Å². The minimum atomic E-state index is -0.975. The predicted molar refractivity (Wildman–Crippen MR) is 114 cm³/mol. The van der Waals surface area contributed by atoms with E-state index in [1.807, 2.05) is 24.3 Å². The lowest BCUT2D eigenvalue weighted by molar-refractivity contribution is -0.141. The highest BCUT2D eigenvalue weighted by Gasteiger charge is 2.43. The summed E-state index contributed by atoms with van der Waals surface area (Å²) in [6, 6.07) is 15.5. The van der Waals surface area contributed by atoms with Gasteiger partial charge in [-0.2, -0.15) is 0 Å². The summed E-state index contributed by atoms with van der Waals surface area (Å²) in [5.74, 6) is -0.244. The number of rotatable bonds is 5. The van der Waals surface area contributed by atoms with E-state index in [2.05, 4.69) is 38.1 Å². The maximum Gasteiger partial charge on any atom is 0.411 e. The zero-order chi connectivity index (χ0) is 20.5. The van der Waals surface area contributed by atoms with Crippen molar-refractivity contribution in [2.24, 2.45) is 5.92 Å². The van der Waals surface area contributed by atoms with Crippen LogP contribution >= 0.6 is 11.8 Å². The van der Waals surface area contributed by atoms with Crippen molar-refractivity contribution in [2.75, 3.05) is 12.4 Å². The molecule has 1 aliphatic carbocycles. The van der Waals surface area contributed by atoms with Gasteiger partial charge in [-0.3, -0.25) is 4.90 Å². The van der Waals surface area contributed by atoms with Crippen molar-refractivity contribution in [3.63, 3.8) is 0 Å². The number of benzene rings is 2. The lowest BCUT2D eigenvalue weighted by Gasteiger charge is -2.28. The molecular formula is C23H25NO4S. The Bertz CT molecular complexity index is 883. The Kier molecular flexibility index (Phi) is 5.54. The van der Waals surface area contributed by atoms with Gasteiger partial charge in [-0.15, -0.1) is 11.8 Å². The number of carbonyl (C=O) groups excluding carboxylic acids is 1. The molecule has 0 aromatic heterocycles. The second kappa shape index (κ2) is 8.11. The Morgan fingerprint density at radius 2 is 1.69 bits per heavy atom. The lowest BCUT2D eigenvalue weighted by atomic mass is 9.98. The van der Waals surface area contributed by atoms with Crippen LogP contribution in [0.2, 0.25) is 0 Å². The van der Waals surface area contributed by atoms with Crippen molar-refractivity contribution in [1.82, 2.24) is 4.90 Å². The first-order valence-corrected chi connectivity index (χ1v) is 11.0. The molecule has 0 saturated carbocycles. The summed E-state index contributed by atoms with van der Waals surface area (Å²) in [4.78, 5) is 26.1. The highest BCUT2D eigenvalue weighted by atomic mass is 32.2. The number of thioether (sulfide) groups is 1. The Morgan fingerprint density at radius 3 is 2.24 bits per heavy atom. The quantitative estimate of drug-likeness (QED) is 0.765. The maximum atomic E-state index is 13.0. The molecule has 1 amide bonds. The van der Waals surface area contributed by atoms with Crippen LogP contribution in [-0.2, 0) is 9.53 Å². The first-order valence-electron chi connectivity index (χ1n) is 9.95. The van der Waals surface area contributed by atoms with E-state index < -0.39 is 18.1 Å². The zero-order valence-electron chi connectivity index (χ0n) is 16.6. The number of carbonyl (C=O) groups is 2. The van der Waals surface area contributed by atoms with E-state index >= 15 is 0 Å². The van der Waals surface area contributed by atoms with Crippen molar-refractivity contribution >= 4 is 23.8 Å². The maximum absolute atomic E-state index is 13.0. The van der Waals surface area contributed by atoms with Crippen molar-refractivity contribution < 1.29 is 19.4 Å². The Labute approximate surface area is 175 Å². The van der Waals surface area contributed by atoms with Gasteiger partial charge in [-0.1, -0.05) is 62.4 Å². The Hall–Kier alpha value is -2.47. The van der Waals surface area contributed by atoms with Gasteiger partial charge in [0.25, 0.3) is 0 Å². The fourth-order valence-electron chi connectivity index (χ4n) is 4.25. The summed E-state index contributed by atoms with van der Waals surface area (Å²) in [6.45, 7) is 4.35. The molecule has 29 heavy (non-hydrogen) atoms. The van der Waals surface area contributed by atoms with Gasteiger partial charge >= 0.3 is 12.1 Å². The number of hydrogen-bond donors (Lipinski definition) is 1. The first kappa shape index (κ1) is 19.8. The highest BCUT2D eigenvalue weighted by molar-refractivity contribution is 8.00. The number of fused-ring (bicyclic) bond motifs is 3. The average Bonchev–Trinajstić information content (AvgIpc) is 3.25. The molecule has 2 aromatic carbocycles. The molecule has 152 valence electrons. The van der Waals surface area contributed by atoms with Gasteiger partial charge < -0.3 is 9.84 Å². The third-order valence-corrected chi connectivity index (χ3v) is 6.91. The summed E-state index contributed by atoms with van der Waals surface area (Å²) < 4.78 is 5.73. The van der Waals surface area contributed by atoms with E-state index in [0.717, 1.165) is 17.5 Å². The number of carboxylic acid groups (broad SMARTS) is 1. The third-order valence-electron chi connectivity index (χ3n) is 5.60. The number of aliphatic carboxylic acids is 1. The van der Waals surface area contributed by atoms with Crippen LogP contribution in [-0.4, -0.2) is 45.8 Å². The summed E-state index contributed by atoms with van der Waals surface area (Å²) in [7, 11) is 0. The van der Waals surface area contributed by atoms with Crippen LogP contribution in [0.5, 0.6) is 0 Å². The van der Waals surface area contributed by atoms with E-state index in [0.29, 0.717) is 11.7 Å². The van der Waals surface area contributed by atoms with Gasteiger partial charge in [-0.05, 0) is 34.6 Å². The molecule has 2 unspecified atom stereocenters. The standard InChI is InChI=1S/C23H25NO4S/c1-14(2)11-21-24(20(13-29-21)22(25)26)23(27)28-12-19-17-9-5-3-7-15(17)16-8-4-6-10-18(16)19/h3-10,14,19-21H,11-13H2,1-2H3,(H,25,26). The van der Waals surface area contributed by atoms with Crippen molar-refractivity contribution in [3.8, 4) is 11.1 Å². The van der Waals surface area contributed by atoms with Gasteiger partial charge in [0, 0.05) is 11.7 Å². The fourth-order valence-corrected chi connectivity index (χ4v) is 5.87. The summed E-state index contributed by atoms with van der Waals surface area (Å²) >= 11 is 1.52. The molecule has 0 spiro atoms. The molecule has 4 rings (SSSR count). The van der Waals surface area contributed by atoms with Crippen LogP contribution in [0.1, 0.15) is 37.3 Å². The van der Waals surface area contributed by atoms with Crippen LogP contribution in [0.25, 0.3) is 11.1 Å². The largest absolute Gasteiger partial charge is 0.480 e. The zero-order valence-corrected chi connectivity index (χ0v) is 17.4. The van der Waals surface area contributed by atoms with Crippen molar-refractivity contribution in [1.29, 1.82) is 0 Å². The molecular weight excluding hydrogens is 386 g/mol. The molecule has 5 nitrogen and oxygen atoms in total. The Morgan fingerprint density at radius 1 is 1.10 bits per heavy atom. The fraction of sp³-hybridized carbons (Fsp3) is 0.391. The Balaban J connectivity index is 1.54. The molecule has 1 N–H and O–H groups in total. The minimum absolute atomic E-state index is 0.0339. The normalized spacial score (nSPS) is 20.6. The van der Waals surface area contributed by atoms with E-state index in [-0.39, 0.29) is 17.9 Å². The van der Waals surface area contributed by atoms with Gasteiger partial charge in [0.05, 0.1) is 5.37 Å². The number of amides is 1. The SMILES string of the molecule is CC(C)CC1SCC(C(=O)O)N1C(=O)OCC1c2ccccc2-c2ccccc21. The summed E-state index contributed by atoms with van der Waals surface area (Å²) in [6.07, 6.45) is 0.216. The second-order valence-corrected chi connectivity index (χ2v) is 9.19. The lowest BCUT2D eigenvalue weighted by Crippen LogP contribution is -2.46. The van der Waals surface area contributed by atoms with Crippen LogP contribution < -0.4 is 0 Å². The summed E-state index contributed by atoms with van der Waals surface area (Å²) in [5.41, 5.74) is 4.63. The van der Waals surface area contributed by atoms with E-state index in [4.69, 9.17) is 4.74 Å². The smallest absolute Gasteiger partial charge is 0.411 e. The molecule has 1 saturated heterocycles. The number of carboxylic acids is 1. The topological polar surface area (TPSA) is 66.8 Å². The predicted octanol–water partition coefficient (Wildman–Crippen LogP) is 4.81. The van der Waals surface area contributed by atoms with Crippen LogP contribution in [0.4, 0.5) is 4.79 Å². The van der Waals surface area contributed by atoms with Gasteiger partial charge in [0.2, 0.25) is 0 Å². The molecule has 2 aromatic rings. The number of nitrogens with zero attached hydrogens (tertiary/aromatic N) is 1. The van der Waals surface area contributed by atoms with E-state index in [1.165, 1.54) is 27.8 Å². The number of ether oxygens (including phenoxy) is 1. The van der Waals surface area contributed by atoms with Crippen molar-refractivity contribution in [2.45, 2.75) is 37.6 Å². The molecule has 2 atom stereocenters. The molecule has 6 heteroatoms. The van der Waals surface area contributed by atoms with Crippen molar-refractivity contribution in [3.05, 3.63) is 59.7 Å². The minimum Gasteiger partial charge on any atom is -0.480 e. The molecule has 1 fully saturated rings.